The molecule has 2 nitrogen and oxygen atoms in total. The zero-order valence-electron chi connectivity index (χ0n) is 10.7. The molecule has 0 bridgehead atoms. The SMILES string of the molecule is C=C1CCC[C@]2(C)C[C@@H]3OC(=O)C(C)=C3C[C@@H]12. The van der Waals surface area contributed by atoms with Crippen molar-refractivity contribution in [2.45, 2.75) is 52.1 Å². The maximum absolute atomic E-state index is 11.6. The van der Waals surface area contributed by atoms with Crippen LogP contribution in [0.1, 0.15) is 46.0 Å². The van der Waals surface area contributed by atoms with E-state index in [4.69, 9.17) is 4.74 Å². The van der Waals surface area contributed by atoms with Gasteiger partial charge in [0.25, 0.3) is 0 Å². The molecule has 2 aliphatic carbocycles. The van der Waals surface area contributed by atoms with Gasteiger partial charge in [-0.2, -0.15) is 0 Å². The zero-order valence-corrected chi connectivity index (χ0v) is 10.7. The molecule has 1 heterocycles. The van der Waals surface area contributed by atoms with E-state index in [-0.39, 0.29) is 12.1 Å². The van der Waals surface area contributed by atoms with Crippen LogP contribution < -0.4 is 0 Å². The van der Waals surface area contributed by atoms with Crippen LogP contribution in [0.3, 0.4) is 0 Å². The molecule has 2 heteroatoms. The van der Waals surface area contributed by atoms with Gasteiger partial charge in [-0.15, -0.1) is 0 Å². The van der Waals surface area contributed by atoms with Gasteiger partial charge in [-0.1, -0.05) is 19.1 Å². The highest BCUT2D eigenvalue weighted by atomic mass is 16.5. The third-order valence-electron chi connectivity index (χ3n) is 5.08. The normalized spacial score (nSPS) is 41.1. The molecule has 0 spiro atoms. The zero-order chi connectivity index (χ0) is 12.2. The molecule has 1 aliphatic heterocycles. The number of ether oxygens (including phenoxy) is 1. The summed E-state index contributed by atoms with van der Waals surface area (Å²) >= 11 is 0. The van der Waals surface area contributed by atoms with E-state index in [0.717, 1.165) is 24.8 Å². The summed E-state index contributed by atoms with van der Waals surface area (Å²) in [6.07, 6.45) is 5.70. The molecule has 0 unspecified atom stereocenters. The number of hydrogen-bond acceptors (Lipinski definition) is 2. The third kappa shape index (κ3) is 1.50. The van der Waals surface area contributed by atoms with Crippen molar-refractivity contribution in [1.82, 2.24) is 0 Å². The highest BCUT2D eigenvalue weighted by Gasteiger charge is 2.49. The van der Waals surface area contributed by atoms with Crippen molar-refractivity contribution in [2.75, 3.05) is 0 Å². The van der Waals surface area contributed by atoms with Crippen molar-refractivity contribution in [1.29, 1.82) is 0 Å². The molecule has 0 aromatic heterocycles. The minimum absolute atomic E-state index is 0.0645. The number of carbonyl (C=O) groups is 1. The van der Waals surface area contributed by atoms with Gasteiger partial charge in [0.2, 0.25) is 0 Å². The van der Waals surface area contributed by atoms with Crippen molar-refractivity contribution in [3.05, 3.63) is 23.3 Å². The van der Waals surface area contributed by atoms with E-state index in [1.807, 2.05) is 6.92 Å². The fraction of sp³-hybridized carbons (Fsp3) is 0.667. The molecule has 0 saturated heterocycles. The van der Waals surface area contributed by atoms with Crippen molar-refractivity contribution in [3.8, 4) is 0 Å². The smallest absolute Gasteiger partial charge is 0.334 e. The predicted octanol–water partition coefficient (Wildman–Crippen LogP) is 3.38. The van der Waals surface area contributed by atoms with Crippen LogP contribution in [-0.4, -0.2) is 12.1 Å². The summed E-state index contributed by atoms with van der Waals surface area (Å²) in [6.45, 7) is 8.51. The molecular weight excluding hydrogens is 212 g/mol. The molecular formula is C15H20O2. The van der Waals surface area contributed by atoms with Gasteiger partial charge in [0.05, 0.1) is 0 Å². The van der Waals surface area contributed by atoms with E-state index in [1.165, 1.54) is 24.0 Å². The molecule has 17 heavy (non-hydrogen) atoms. The lowest BCUT2D eigenvalue weighted by Gasteiger charge is -2.48. The summed E-state index contributed by atoms with van der Waals surface area (Å²) < 4.78 is 5.48. The molecule has 0 radical (unpaired) electrons. The number of allylic oxidation sites excluding steroid dienone is 1. The molecule has 92 valence electrons. The Labute approximate surface area is 103 Å². The van der Waals surface area contributed by atoms with Crippen molar-refractivity contribution in [2.24, 2.45) is 11.3 Å². The number of hydrogen-bond donors (Lipinski definition) is 0. The second-order valence-electron chi connectivity index (χ2n) is 6.17. The first-order chi connectivity index (χ1) is 8.01. The molecule has 0 aromatic rings. The van der Waals surface area contributed by atoms with Gasteiger partial charge in [-0.25, -0.2) is 4.79 Å². The van der Waals surface area contributed by atoms with Gasteiger partial charge in [0.15, 0.2) is 0 Å². The first-order valence-electron chi connectivity index (χ1n) is 6.59. The molecule has 2 saturated carbocycles. The maximum atomic E-state index is 11.6. The monoisotopic (exact) mass is 232 g/mol. The summed E-state index contributed by atoms with van der Waals surface area (Å²) in [5.74, 6) is 0.463. The highest BCUT2D eigenvalue weighted by Crippen LogP contribution is 2.55. The van der Waals surface area contributed by atoms with Crippen LogP contribution in [0.25, 0.3) is 0 Å². The Morgan fingerprint density at radius 3 is 3.00 bits per heavy atom. The minimum Gasteiger partial charge on any atom is -0.454 e. The van der Waals surface area contributed by atoms with Crippen molar-refractivity contribution < 1.29 is 9.53 Å². The Bertz CT molecular complexity index is 432. The molecule has 0 amide bonds. The lowest BCUT2D eigenvalue weighted by atomic mass is 9.57. The van der Waals surface area contributed by atoms with E-state index in [2.05, 4.69) is 13.5 Å². The van der Waals surface area contributed by atoms with Crippen molar-refractivity contribution in [3.63, 3.8) is 0 Å². The fourth-order valence-electron chi connectivity index (χ4n) is 3.95. The maximum Gasteiger partial charge on any atom is 0.334 e. The first kappa shape index (κ1) is 11.1. The topological polar surface area (TPSA) is 26.3 Å². The minimum atomic E-state index is -0.0992. The van der Waals surface area contributed by atoms with Gasteiger partial charge in [0.1, 0.15) is 6.10 Å². The van der Waals surface area contributed by atoms with Crippen LogP contribution in [0.4, 0.5) is 0 Å². The lowest BCUT2D eigenvalue weighted by molar-refractivity contribution is -0.141. The largest absolute Gasteiger partial charge is 0.454 e. The second-order valence-corrected chi connectivity index (χ2v) is 6.17. The molecule has 3 rings (SSSR count). The predicted molar refractivity (Wildman–Crippen MR) is 66.4 cm³/mol. The fourth-order valence-corrected chi connectivity index (χ4v) is 3.95. The highest BCUT2D eigenvalue weighted by molar-refractivity contribution is 5.91. The van der Waals surface area contributed by atoms with Crippen LogP contribution >= 0.6 is 0 Å². The van der Waals surface area contributed by atoms with Crippen LogP contribution in [0, 0.1) is 11.3 Å². The third-order valence-corrected chi connectivity index (χ3v) is 5.08. The van der Waals surface area contributed by atoms with Gasteiger partial charge in [-0.3, -0.25) is 0 Å². The van der Waals surface area contributed by atoms with E-state index in [0.29, 0.717) is 11.3 Å². The van der Waals surface area contributed by atoms with Crippen LogP contribution in [0.15, 0.2) is 23.3 Å². The Hall–Kier alpha value is -1.05. The molecule has 0 N–H and O–H groups in total. The summed E-state index contributed by atoms with van der Waals surface area (Å²) in [6, 6.07) is 0. The molecule has 3 aliphatic rings. The Balaban J connectivity index is 1.97. The van der Waals surface area contributed by atoms with E-state index >= 15 is 0 Å². The number of rotatable bonds is 0. The van der Waals surface area contributed by atoms with Gasteiger partial charge < -0.3 is 4.74 Å². The standard InChI is InChI=1S/C15H20O2/c1-9-5-4-6-15(3)8-13-11(7-12(9)15)10(2)14(16)17-13/h12-13H,1,4-8H2,2-3H3/t12-,13-,15+/m0/s1. The van der Waals surface area contributed by atoms with E-state index in [1.54, 1.807) is 0 Å². The Morgan fingerprint density at radius 2 is 2.24 bits per heavy atom. The lowest BCUT2D eigenvalue weighted by Crippen LogP contribution is -2.41. The average Bonchev–Trinajstić information content (AvgIpc) is 2.52. The van der Waals surface area contributed by atoms with Crippen LogP contribution in [-0.2, 0) is 9.53 Å². The van der Waals surface area contributed by atoms with Gasteiger partial charge in [-0.05, 0) is 55.9 Å². The summed E-state index contributed by atoms with van der Waals surface area (Å²) in [5.41, 5.74) is 3.79. The quantitative estimate of drug-likeness (QED) is 0.472. The average molecular weight is 232 g/mol. The number of esters is 1. The molecule has 2 fully saturated rings. The van der Waals surface area contributed by atoms with Crippen molar-refractivity contribution >= 4 is 5.97 Å². The Kier molecular flexibility index (Phi) is 2.26. The number of fused-ring (bicyclic) bond motifs is 2. The summed E-state index contributed by atoms with van der Waals surface area (Å²) in [5, 5.41) is 0. The molecule has 3 atom stereocenters. The second kappa shape index (κ2) is 3.47. The van der Waals surface area contributed by atoms with Gasteiger partial charge >= 0.3 is 5.97 Å². The van der Waals surface area contributed by atoms with Gasteiger partial charge in [0, 0.05) is 5.57 Å². The first-order valence-corrected chi connectivity index (χ1v) is 6.59. The van der Waals surface area contributed by atoms with Crippen LogP contribution in [0.5, 0.6) is 0 Å². The Morgan fingerprint density at radius 1 is 1.47 bits per heavy atom. The van der Waals surface area contributed by atoms with E-state index in [9.17, 15) is 4.79 Å². The molecule has 0 aromatic carbocycles. The van der Waals surface area contributed by atoms with E-state index < -0.39 is 0 Å². The number of carbonyl (C=O) groups excluding carboxylic acids is 1. The summed E-state index contributed by atoms with van der Waals surface area (Å²) in [7, 11) is 0. The summed E-state index contributed by atoms with van der Waals surface area (Å²) in [4.78, 5) is 11.6. The van der Waals surface area contributed by atoms with Crippen LogP contribution in [0.2, 0.25) is 0 Å².